The molecule has 1 N–H and O–H groups in total. The minimum atomic E-state index is -0.636. The van der Waals surface area contributed by atoms with Gasteiger partial charge < -0.3 is 19.9 Å². The van der Waals surface area contributed by atoms with E-state index in [1.807, 2.05) is 30.3 Å². The molecule has 6 heteroatoms. The number of hydrogen-bond donors (Lipinski definition) is 1. The van der Waals surface area contributed by atoms with Gasteiger partial charge in [-0.05, 0) is 24.8 Å². The third kappa shape index (κ3) is 5.02. The number of benzene rings is 1. The van der Waals surface area contributed by atoms with Crippen LogP contribution in [0.5, 0.6) is 0 Å². The second kappa shape index (κ2) is 8.22. The molecule has 1 aromatic rings. The highest BCUT2D eigenvalue weighted by molar-refractivity contribution is 5.83. The zero-order valence-corrected chi connectivity index (χ0v) is 13.6. The van der Waals surface area contributed by atoms with E-state index < -0.39 is 12.0 Å². The van der Waals surface area contributed by atoms with Gasteiger partial charge in [0.25, 0.3) is 0 Å². The maximum Gasteiger partial charge on any atom is 0.328 e. The minimum absolute atomic E-state index is 0.227. The number of nitrogens with zero attached hydrogens (tertiary/aromatic N) is 2. The Labute approximate surface area is 136 Å². The minimum Gasteiger partial charge on any atom is -0.467 e. The molecule has 0 aliphatic carbocycles. The molecular formula is C17H23N3O3. The summed E-state index contributed by atoms with van der Waals surface area (Å²) >= 11 is 0. The van der Waals surface area contributed by atoms with Gasteiger partial charge in [0.15, 0.2) is 0 Å². The normalized spacial score (nSPS) is 16.3. The smallest absolute Gasteiger partial charge is 0.328 e. The van der Waals surface area contributed by atoms with Crippen molar-refractivity contribution in [1.29, 1.82) is 0 Å². The van der Waals surface area contributed by atoms with E-state index in [4.69, 9.17) is 0 Å². The summed E-state index contributed by atoms with van der Waals surface area (Å²) in [6, 6.07) is 9.24. The van der Waals surface area contributed by atoms with Crippen molar-refractivity contribution in [1.82, 2.24) is 15.1 Å². The summed E-state index contributed by atoms with van der Waals surface area (Å²) in [7, 11) is 1.31. The number of rotatable bonds is 4. The lowest BCUT2D eigenvalue weighted by atomic mass is 10.2. The number of esters is 1. The fourth-order valence-electron chi connectivity index (χ4n) is 2.34. The molecule has 1 aromatic carbocycles. The topological polar surface area (TPSA) is 61.9 Å². The molecule has 1 atom stereocenters. The molecule has 0 saturated carbocycles. The molecule has 0 bridgehead atoms. The third-order valence-corrected chi connectivity index (χ3v) is 3.77. The lowest BCUT2D eigenvalue weighted by Crippen LogP contribution is -2.53. The molecule has 0 aromatic heterocycles. The Kier molecular flexibility index (Phi) is 6.02. The zero-order valence-electron chi connectivity index (χ0n) is 13.6. The molecule has 1 heterocycles. The van der Waals surface area contributed by atoms with Crippen molar-refractivity contribution in [2.24, 2.45) is 0 Å². The second-order valence-corrected chi connectivity index (χ2v) is 5.44. The molecule has 1 aliphatic heterocycles. The van der Waals surface area contributed by atoms with Gasteiger partial charge in [-0.3, -0.25) is 0 Å². The number of ether oxygens (including phenoxy) is 1. The summed E-state index contributed by atoms with van der Waals surface area (Å²) in [4.78, 5) is 27.3. The Balaban J connectivity index is 1.78. The van der Waals surface area contributed by atoms with Crippen LogP contribution in [0.3, 0.4) is 0 Å². The van der Waals surface area contributed by atoms with Crippen LogP contribution in [0.2, 0.25) is 0 Å². The number of carbonyl (C=O) groups excluding carboxylic acids is 2. The van der Waals surface area contributed by atoms with E-state index in [2.05, 4.69) is 27.2 Å². The fourth-order valence-corrected chi connectivity index (χ4v) is 2.34. The van der Waals surface area contributed by atoms with Crippen LogP contribution in [0, 0.1) is 0 Å². The van der Waals surface area contributed by atoms with Gasteiger partial charge in [-0.25, -0.2) is 9.59 Å². The highest BCUT2D eigenvalue weighted by Crippen LogP contribution is 2.07. The van der Waals surface area contributed by atoms with Crippen LogP contribution in [0.4, 0.5) is 4.79 Å². The van der Waals surface area contributed by atoms with Crippen LogP contribution in [0.25, 0.3) is 6.08 Å². The van der Waals surface area contributed by atoms with Crippen molar-refractivity contribution in [2.75, 3.05) is 33.3 Å². The van der Waals surface area contributed by atoms with Crippen molar-refractivity contribution in [3.05, 3.63) is 42.1 Å². The first-order valence-corrected chi connectivity index (χ1v) is 7.70. The van der Waals surface area contributed by atoms with Gasteiger partial charge in [0.2, 0.25) is 0 Å². The monoisotopic (exact) mass is 317 g/mol. The van der Waals surface area contributed by atoms with Gasteiger partial charge in [0.05, 0.1) is 7.11 Å². The van der Waals surface area contributed by atoms with Gasteiger partial charge in [-0.15, -0.1) is 0 Å². The van der Waals surface area contributed by atoms with Gasteiger partial charge in [-0.2, -0.15) is 0 Å². The van der Waals surface area contributed by atoms with Crippen LogP contribution in [0.15, 0.2) is 36.5 Å². The molecule has 2 amide bonds. The summed E-state index contributed by atoms with van der Waals surface area (Å²) in [6.45, 7) is 4.40. The maximum absolute atomic E-state index is 12.1. The van der Waals surface area contributed by atoms with E-state index in [1.54, 1.807) is 11.8 Å². The first-order chi connectivity index (χ1) is 11.1. The lowest BCUT2D eigenvalue weighted by Gasteiger charge is -2.34. The van der Waals surface area contributed by atoms with E-state index in [0.717, 1.165) is 18.7 Å². The Hall–Kier alpha value is -2.50. The molecule has 1 aliphatic rings. The molecule has 6 nitrogen and oxygen atoms in total. The average molecular weight is 317 g/mol. The first kappa shape index (κ1) is 16.9. The number of methoxy groups -OCH3 is 1. The largest absolute Gasteiger partial charge is 0.467 e. The molecule has 0 spiro atoms. The average Bonchev–Trinajstić information content (AvgIpc) is 2.60. The Bertz CT molecular complexity index is 551. The molecule has 23 heavy (non-hydrogen) atoms. The van der Waals surface area contributed by atoms with E-state index >= 15 is 0 Å². The predicted octanol–water partition coefficient (Wildman–Crippen LogP) is 1.55. The summed E-state index contributed by atoms with van der Waals surface area (Å²) in [6.07, 6.45) is 4.12. The first-order valence-electron chi connectivity index (χ1n) is 7.70. The number of nitrogens with one attached hydrogen (secondary N) is 1. The molecule has 0 unspecified atom stereocenters. The lowest BCUT2D eigenvalue weighted by molar-refractivity contribution is -0.142. The molecule has 1 saturated heterocycles. The Morgan fingerprint density at radius 2 is 1.83 bits per heavy atom. The number of piperazine rings is 1. The van der Waals surface area contributed by atoms with E-state index in [1.165, 1.54) is 7.11 Å². The summed E-state index contributed by atoms with van der Waals surface area (Å²) in [5, 5.41) is 2.65. The fraction of sp³-hybridized carbons (Fsp3) is 0.412. The Morgan fingerprint density at radius 1 is 1.17 bits per heavy atom. The van der Waals surface area contributed by atoms with Gasteiger partial charge in [0, 0.05) is 26.2 Å². The number of amides is 2. The standard InChI is InChI=1S/C17H23N3O3/c1-14(16(21)23-2)18-17(22)20-12-10-19(11-13-20)9-8-15-6-4-3-5-7-15/h3-9,14H,10-13H2,1-2H3,(H,18,22)/t14-/m0/s1. The van der Waals surface area contributed by atoms with E-state index in [0.29, 0.717) is 13.1 Å². The van der Waals surface area contributed by atoms with Crippen molar-refractivity contribution >= 4 is 18.1 Å². The van der Waals surface area contributed by atoms with E-state index in [9.17, 15) is 9.59 Å². The number of hydrogen-bond acceptors (Lipinski definition) is 4. The van der Waals surface area contributed by atoms with E-state index in [-0.39, 0.29) is 6.03 Å². The number of carbonyl (C=O) groups is 2. The molecule has 2 rings (SSSR count). The van der Waals surface area contributed by atoms with Crippen LogP contribution in [-0.4, -0.2) is 61.1 Å². The van der Waals surface area contributed by atoms with Gasteiger partial charge in [-0.1, -0.05) is 30.3 Å². The van der Waals surface area contributed by atoms with Crippen molar-refractivity contribution in [2.45, 2.75) is 13.0 Å². The van der Waals surface area contributed by atoms with Crippen molar-refractivity contribution < 1.29 is 14.3 Å². The van der Waals surface area contributed by atoms with Crippen LogP contribution < -0.4 is 5.32 Å². The summed E-state index contributed by atoms with van der Waals surface area (Å²) < 4.78 is 4.60. The van der Waals surface area contributed by atoms with Gasteiger partial charge >= 0.3 is 12.0 Å². The van der Waals surface area contributed by atoms with Gasteiger partial charge in [0.1, 0.15) is 6.04 Å². The summed E-state index contributed by atoms with van der Waals surface area (Å²) in [5.41, 5.74) is 1.15. The summed E-state index contributed by atoms with van der Waals surface area (Å²) in [5.74, 6) is -0.442. The predicted molar refractivity (Wildman–Crippen MR) is 88.6 cm³/mol. The number of urea groups is 1. The van der Waals surface area contributed by atoms with Crippen molar-refractivity contribution in [3.8, 4) is 0 Å². The molecule has 0 radical (unpaired) electrons. The highest BCUT2D eigenvalue weighted by Gasteiger charge is 2.23. The second-order valence-electron chi connectivity index (χ2n) is 5.44. The van der Waals surface area contributed by atoms with Crippen LogP contribution in [-0.2, 0) is 9.53 Å². The van der Waals surface area contributed by atoms with Crippen molar-refractivity contribution in [3.63, 3.8) is 0 Å². The molecular weight excluding hydrogens is 294 g/mol. The third-order valence-electron chi connectivity index (χ3n) is 3.77. The SMILES string of the molecule is COC(=O)[C@H](C)NC(=O)N1CCN(C=Cc2ccccc2)CC1. The highest BCUT2D eigenvalue weighted by atomic mass is 16.5. The quantitative estimate of drug-likeness (QED) is 0.856. The maximum atomic E-state index is 12.1. The Morgan fingerprint density at radius 3 is 2.43 bits per heavy atom. The zero-order chi connectivity index (χ0) is 16.7. The molecule has 124 valence electrons. The van der Waals surface area contributed by atoms with Crippen LogP contribution in [0.1, 0.15) is 12.5 Å². The van der Waals surface area contributed by atoms with Crippen LogP contribution >= 0.6 is 0 Å². The molecule has 1 fully saturated rings.